The van der Waals surface area contributed by atoms with Gasteiger partial charge in [0.25, 0.3) is 5.69 Å². The maximum absolute atomic E-state index is 11.5. The first-order valence-corrected chi connectivity index (χ1v) is 5.22. The quantitative estimate of drug-likeness (QED) is 0.608. The molecule has 92 valence electrons. The van der Waals surface area contributed by atoms with E-state index in [1.807, 2.05) is 0 Å². The second-order valence-corrected chi connectivity index (χ2v) is 3.72. The molecule has 0 bridgehead atoms. The third-order valence-electron chi connectivity index (χ3n) is 2.33. The summed E-state index contributed by atoms with van der Waals surface area (Å²) in [5, 5.41) is 10.6. The molecule has 0 aliphatic rings. The van der Waals surface area contributed by atoms with Crippen LogP contribution in [-0.4, -0.2) is 29.3 Å². The number of amides is 1. The molecule has 17 heavy (non-hydrogen) atoms. The highest BCUT2D eigenvalue weighted by Gasteiger charge is 2.10. The monoisotopic (exact) mass is 237 g/mol. The molecule has 0 atom stereocenters. The summed E-state index contributed by atoms with van der Waals surface area (Å²) in [6.45, 7) is 0.651. The van der Waals surface area contributed by atoms with Crippen LogP contribution in [0.25, 0.3) is 0 Å². The highest BCUT2D eigenvalue weighted by molar-refractivity contribution is 5.76. The molecular weight excluding hydrogens is 222 g/mol. The van der Waals surface area contributed by atoms with Crippen molar-refractivity contribution in [3.63, 3.8) is 0 Å². The summed E-state index contributed by atoms with van der Waals surface area (Å²) in [4.78, 5) is 23.1. The number of benzene rings is 1. The molecule has 0 fully saturated rings. The highest BCUT2D eigenvalue weighted by Crippen LogP contribution is 2.14. The molecule has 1 aromatic rings. The molecule has 0 aliphatic heterocycles. The fourth-order valence-corrected chi connectivity index (χ4v) is 1.44. The van der Waals surface area contributed by atoms with Crippen molar-refractivity contribution in [2.24, 2.45) is 5.73 Å². The number of nitro groups is 1. The molecule has 0 unspecified atom stereocenters. The van der Waals surface area contributed by atoms with Gasteiger partial charge in [-0.2, -0.15) is 0 Å². The van der Waals surface area contributed by atoms with Gasteiger partial charge in [0.2, 0.25) is 5.91 Å². The highest BCUT2D eigenvalue weighted by atomic mass is 16.6. The lowest BCUT2D eigenvalue weighted by atomic mass is 10.2. The van der Waals surface area contributed by atoms with Crippen LogP contribution in [-0.2, 0) is 11.3 Å². The lowest BCUT2D eigenvalue weighted by Crippen LogP contribution is -2.27. The zero-order valence-corrected chi connectivity index (χ0v) is 9.63. The number of hydrogen-bond acceptors (Lipinski definition) is 4. The molecule has 0 saturated heterocycles. The summed E-state index contributed by atoms with van der Waals surface area (Å²) >= 11 is 0. The first-order chi connectivity index (χ1) is 8.04. The van der Waals surface area contributed by atoms with E-state index < -0.39 is 4.92 Å². The van der Waals surface area contributed by atoms with Crippen LogP contribution in [0.3, 0.4) is 0 Å². The van der Waals surface area contributed by atoms with Crippen LogP contribution in [0.15, 0.2) is 24.3 Å². The minimum Gasteiger partial charge on any atom is -0.341 e. The van der Waals surface area contributed by atoms with E-state index in [-0.39, 0.29) is 18.0 Å². The number of nitrogens with two attached hydrogens (primary N) is 1. The molecule has 0 saturated carbocycles. The van der Waals surface area contributed by atoms with Gasteiger partial charge in [-0.05, 0) is 5.56 Å². The van der Waals surface area contributed by atoms with Crippen molar-refractivity contribution < 1.29 is 9.72 Å². The summed E-state index contributed by atoms with van der Waals surface area (Å²) < 4.78 is 0. The minimum atomic E-state index is -0.453. The third kappa shape index (κ3) is 3.84. The fourth-order valence-electron chi connectivity index (χ4n) is 1.44. The van der Waals surface area contributed by atoms with Crippen molar-refractivity contribution in [3.8, 4) is 0 Å². The van der Waals surface area contributed by atoms with E-state index in [1.165, 1.54) is 17.0 Å². The Morgan fingerprint density at radius 1 is 1.53 bits per heavy atom. The predicted octanol–water partition coefficient (Wildman–Crippen LogP) is 0.902. The SMILES string of the molecule is CN(Cc1cccc([N+](=O)[O-])c1)C(=O)CCN. The van der Waals surface area contributed by atoms with Crippen molar-refractivity contribution in [3.05, 3.63) is 39.9 Å². The molecule has 0 spiro atoms. The van der Waals surface area contributed by atoms with Crippen LogP contribution in [0.4, 0.5) is 5.69 Å². The lowest BCUT2D eigenvalue weighted by Gasteiger charge is -2.16. The minimum absolute atomic E-state index is 0.0298. The normalized spacial score (nSPS) is 10.0. The van der Waals surface area contributed by atoms with E-state index in [2.05, 4.69) is 0 Å². The van der Waals surface area contributed by atoms with Gasteiger partial charge in [-0.1, -0.05) is 12.1 Å². The van der Waals surface area contributed by atoms with Gasteiger partial charge in [0.1, 0.15) is 0 Å². The largest absolute Gasteiger partial charge is 0.341 e. The molecule has 1 aromatic carbocycles. The number of rotatable bonds is 5. The first kappa shape index (κ1) is 13.1. The van der Waals surface area contributed by atoms with Gasteiger partial charge in [0.15, 0.2) is 0 Å². The molecule has 0 aliphatic carbocycles. The Labute approximate surface area is 99.2 Å². The molecular formula is C11H15N3O3. The van der Waals surface area contributed by atoms with Gasteiger partial charge in [0, 0.05) is 38.7 Å². The van der Waals surface area contributed by atoms with E-state index >= 15 is 0 Å². The molecule has 6 heteroatoms. The zero-order valence-electron chi connectivity index (χ0n) is 9.63. The topological polar surface area (TPSA) is 89.5 Å². The molecule has 6 nitrogen and oxygen atoms in total. The van der Waals surface area contributed by atoms with Crippen LogP contribution in [0.2, 0.25) is 0 Å². The standard InChI is InChI=1S/C11H15N3O3/c1-13(11(15)5-6-12)8-9-3-2-4-10(7-9)14(16)17/h2-4,7H,5-6,8,12H2,1H3. The Hall–Kier alpha value is -1.95. The Balaban J connectivity index is 2.71. The summed E-state index contributed by atoms with van der Waals surface area (Å²) in [5.74, 6) is -0.0704. The molecule has 1 rings (SSSR count). The van der Waals surface area contributed by atoms with Gasteiger partial charge in [-0.15, -0.1) is 0 Å². The van der Waals surface area contributed by atoms with Crippen molar-refractivity contribution in [2.45, 2.75) is 13.0 Å². The molecule has 1 amide bonds. The fraction of sp³-hybridized carbons (Fsp3) is 0.364. The zero-order chi connectivity index (χ0) is 12.8. The molecule has 0 heterocycles. The number of carbonyl (C=O) groups excluding carboxylic acids is 1. The van der Waals surface area contributed by atoms with Gasteiger partial charge in [-0.25, -0.2) is 0 Å². The number of hydrogen-bond donors (Lipinski definition) is 1. The Kier molecular flexibility index (Phi) is 4.59. The molecule has 0 aromatic heterocycles. The molecule has 0 radical (unpaired) electrons. The van der Waals surface area contributed by atoms with E-state index in [0.29, 0.717) is 13.1 Å². The number of nitro benzene ring substituents is 1. The van der Waals surface area contributed by atoms with Crippen LogP contribution >= 0.6 is 0 Å². The Bertz CT molecular complexity index is 420. The van der Waals surface area contributed by atoms with Gasteiger partial charge < -0.3 is 10.6 Å². The van der Waals surface area contributed by atoms with E-state index in [0.717, 1.165) is 5.56 Å². The average Bonchev–Trinajstić information content (AvgIpc) is 2.29. The summed E-state index contributed by atoms with van der Waals surface area (Å²) in [6, 6.07) is 6.24. The second-order valence-electron chi connectivity index (χ2n) is 3.72. The van der Waals surface area contributed by atoms with E-state index in [9.17, 15) is 14.9 Å². The third-order valence-corrected chi connectivity index (χ3v) is 2.33. The lowest BCUT2D eigenvalue weighted by molar-refractivity contribution is -0.384. The van der Waals surface area contributed by atoms with Crippen LogP contribution in [0.1, 0.15) is 12.0 Å². The second kappa shape index (κ2) is 5.95. The first-order valence-electron chi connectivity index (χ1n) is 5.22. The maximum Gasteiger partial charge on any atom is 0.269 e. The van der Waals surface area contributed by atoms with Crippen molar-refractivity contribution in [1.29, 1.82) is 0 Å². The maximum atomic E-state index is 11.5. The van der Waals surface area contributed by atoms with E-state index in [1.54, 1.807) is 19.2 Å². The average molecular weight is 237 g/mol. The van der Waals surface area contributed by atoms with Crippen molar-refractivity contribution in [2.75, 3.05) is 13.6 Å². The van der Waals surface area contributed by atoms with Gasteiger partial charge >= 0.3 is 0 Å². The number of carbonyl (C=O) groups is 1. The Morgan fingerprint density at radius 3 is 2.82 bits per heavy atom. The number of non-ortho nitro benzene ring substituents is 1. The Morgan fingerprint density at radius 2 is 2.24 bits per heavy atom. The van der Waals surface area contributed by atoms with Crippen LogP contribution < -0.4 is 5.73 Å². The smallest absolute Gasteiger partial charge is 0.269 e. The van der Waals surface area contributed by atoms with Crippen LogP contribution in [0.5, 0.6) is 0 Å². The molecule has 2 N–H and O–H groups in total. The number of nitrogens with zero attached hydrogens (tertiary/aromatic N) is 2. The van der Waals surface area contributed by atoms with Gasteiger partial charge in [-0.3, -0.25) is 14.9 Å². The predicted molar refractivity (Wildman–Crippen MR) is 63.2 cm³/mol. The van der Waals surface area contributed by atoms with Crippen molar-refractivity contribution >= 4 is 11.6 Å². The van der Waals surface area contributed by atoms with Crippen molar-refractivity contribution in [1.82, 2.24) is 4.90 Å². The summed E-state index contributed by atoms with van der Waals surface area (Å²) in [6.07, 6.45) is 0.283. The summed E-state index contributed by atoms with van der Waals surface area (Å²) in [7, 11) is 1.65. The van der Waals surface area contributed by atoms with Crippen LogP contribution in [0, 0.1) is 10.1 Å². The van der Waals surface area contributed by atoms with Gasteiger partial charge in [0.05, 0.1) is 4.92 Å². The summed E-state index contributed by atoms with van der Waals surface area (Å²) in [5.41, 5.74) is 6.05. The van der Waals surface area contributed by atoms with E-state index in [4.69, 9.17) is 5.73 Å².